The van der Waals surface area contributed by atoms with Gasteiger partial charge in [-0.15, -0.1) is 0 Å². The summed E-state index contributed by atoms with van der Waals surface area (Å²) in [6.07, 6.45) is 6.05. The maximum Gasteiger partial charge on any atom is 0.00190 e. The Morgan fingerprint density at radius 2 is 1.67 bits per heavy atom. The van der Waals surface area contributed by atoms with Crippen molar-refractivity contribution >= 4 is 0 Å². The van der Waals surface area contributed by atoms with Gasteiger partial charge < -0.3 is 4.90 Å². The van der Waals surface area contributed by atoms with Crippen LogP contribution in [0.1, 0.15) is 32.6 Å². The van der Waals surface area contributed by atoms with E-state index in [9.17, 15) is 0 Å². The van der Waals surface area contributed by atoms with Crippen LogP contribution in [0.5, 0.6) is 0 Å². The molecule has 0 aromatic rings. The van der Waals surface area contributed by atoms with Crippen molar-refractivity contribution in [2.45, 2.75) is 32.6 Å². The van der Waals surface area contributed by atoms with Gasteiger partial charge in [-0.1, -0.05) is 13.3 Å². The number of rotatable bonds is 3. The molecule has 1 heteroatoms. The molecule has 0 spiro atoms. The van der Waals surface area contributed by atoms with Crippen LogP contribution in [0.25, 0.3) is 0 Å². The maximum atomic E-state index is 2.42. The Kier molecular flexibility index (Phi) is 2.40. The molecule has 0 radical (unpaired) electrons. The van der Waals surface area contributed by atoms with Gasteiger partial charge in [0.25, 0.3) is 0 Å². The Morgan fingerprint density at radius 1 is 1.08 bits per heavy atom. The summed E-state index contributed by atoms with van der Waals surface area (Å²) in [5, 5.41) is 0. The zero-order chi connectivity index (χ0) is 8.55. The maximum absolute atomic E-state index is 2.42. The van der Waals surface area contributed by atoms with Crippen LogP contribution in [-0.2, 0) is 0 Å². The minimum atomic E-state index is 1.04. The number of hydrogen-bond acceptors (Lipinski definition) is 1. The molecule has 2 fully saturated rings. The van der Waals surface area contributed by atoms with E-state index in [-0.39, 0.29) is 0 Å². The molecule has 1 nitrogen and oxygen atoms in total. The Labute approximate surface area is 76.1 Å². The summed E-state index contributed by atoms with van der Waals surface area (Å²) in [6.45, 7) is 5.11. The third-order valence-electron chi connectivity index (χ3n) is 3.59. The van der Waals surface area contributed by atoms with E-state index in [1.165, 1.54) is 38.8 Å². The Hall–Kier alpha value is -0.0400. The van der Waals surface area contributed by atoms with E-state index in [0.717, 1.165) is 17.8 Å². The van der Waals surface area contributed by atoms with Gasteiger partial charge in [0.2, 0.25) is 0 Å². The van der Waals surface area contributed by atoms with E-state index in [4.69, 9.17) is 0 Å². The van der Waals surface area contributed by atoms with Crippen molar-refractivity contribution in [3.05, 3.63) is 0 Å². The highest BCUT2D eigenvalue weighted by Gasteiger charge is 2.28. The summed E-state index contributed by atoms with van der Waals surface area (Å²) in [4.78, 5) is 2.42. The highest BCUT2D eigenvalue weighted by Crippen LogP contribution is 2.37. The lowest BCUT2D eigenvalue weighted by Gasteiger charge is -2.39. The van der Waals surface area contributed by atoms with Gasteiger partial charge in [0.05, 0.1) is 0 Å². The van der Waals surface area contributed by atoms with Crippen molar-refractivity contribution < 1.29 is 0 Å². The number of nitrogens with zero attached hydrogens (tertiary/aromatic N) is 1. The fourth-order valence-electron chi connectivity index (χ4n) is 2.79. The lowest BCUT2D eigenvalue weighted by Crippen LogP contribution is -2.43. The molecule has 12 heavy (non-hydrogen) atoms. The van der Waals surface area contributed by atoms with Gasteiger partial charge in [-0.05, 0) is 44.1 Å². The van der Waals surface area contributed by atoms with E-state index in [1.807, 2.05) is 0 Å². The predicted molar refractivity (Wildman–Crippen MR) is 52.1 cm³/mol. The lowest BCUT2D eigenvalue weighted by molar-refractivity contribution is 0.105. The minimum absolute atomic E-state index is 1.04. The van der Waals surface area contributed by atoms with Crippen molar-refractivity contribution in [1.29, 1.82) is 0 Å². The standard InChI is InChI=1S/C11H21N/c1-9-5-10(6-9)3-4-11-7-12(2)8-11/h9-11H,3-8H2,1-2H3/t9-,10+. The Balaban J connectivity index is 1.52. The van der Waals surface area contributed by atoms with Gasteiger partial charge in [-0.3, -0.25) is 0 Å². The van der Waals surface area contributed by atoms with Crippen LogP contribution in [0.3, 0.4) is 0 Å². The molecule has 2 aliphatic rings. The van der Waals surface area contributed by atoms with Crippen LogP contribution < -0.4 is 0 Å². The SMILES string of the molecule is CN1CC(CC[C@H]2C[C@@H](C)C2)C1. The smallest absolute Gasteiger partial charge is 0.00190 e. The topological polar surface area (TPSA) is 3.24 Å². The van der Waals surface area contributed by atoms with Crippen molar-refractivity contribution in [3.8, 4) is 0 Å². The zero-order valence-corrected chi connectivity index (χ0v) is 8.42. The minimum Gasteiger partial charge on any atom is -0.306 e. The van der Waals surface area contributed by atoms with Crippen molar-refractivity contribution in [2.24, 2.45) is 17.8 Å². The summed E-state index contributed by atoms with van der Waals surface area (Å²) >= 11 is 0. The molecule has 0 N–H and O–H groups in total. The van der Waals surface area contributed by atoms with E-state index in [2.05, 4.69) is 18.9 Å². The van der Waals surface area contributed by atoms with Crippen LogP contribution in [0.15, 0.2) is 0 Å². The van der Waals surface area contributed by atoms with E-state index >= 15 is 0 Å². The van der Waals surface area contributed by atoms with Gasteiger partial charge in [-0.2, -0.15) is 0 Å². The molecule has 1 saturated heterocycles. The second-order valence-electron chi connectivity index (χ2n) is 5.11. The molecular formula is C11H21N. The van der Waals surface area contributed by atoms with Gasteiger partial charge in [0.1, 0.15) is 0 Å². The lowest BCUT2D eigenvalue weighted by atomic mass is 9.72. The molecule has 0 bridgehead atoms. The highest BCUT2D eigenvalue weighted by molar-refractivity contribution is 4.81. The average Bonchev–Trinajstić information content (AvgIpc) is 1.91. The molecule has 70 valence electrons. The van der Waals surface area contributed by atoms with Crippen LogP contribution in [-0.4, -0.2) is 25.0 Å². The number of likely N-dealkylation sites (tertiary alicyclic amines) is 1. The van der Waals surface area contributed by atoms with Crippen molar-refractivity contribution in [1.82, 2.24) is 4.90 Å². The third-order valence-corrected chi connectivity index (χ3v) is 3.59. The van der Waals surface area contributed by atoms with Crippen LogP contribution >= 0.6 is 0 Å². The van der Waals surface area contributed by atoms with Gasteiger partial charge in [0, 0.05) is 13.1 Å². The summed E-state index contributed by atoms with van der Waals surface area (Å²) in [5.41, 5.74) is 0. The van der Waals surface area contributed by atoms with E-state index in [1.54, 1.807) is 0 Å². The number of hydrogen-bond donors (Lipinski definition) is 0. The first-order chi connectivity index (χ1) is 5.74. The molecule has 1 saturated carbocycles. The third kappa shape index (κ3) is 1.82. The quantitative estimate of drug-likeness (QED) is 0.624. The van der Waals surface area contributed by atoms with Crippen LogP contribution in [0, 0.1) is 17.8 Å². The largest absolute Gasteiger partial charge is 0.306 e. The fraction of sp³-hybridized carbons (Fsp3) is 1.00. The molecule has 1 aliphatic heterocycles. The molecule has 0 aromatic heterocycles. The first-order valence-corrected chi connectivity index (χ1v) is 5.42. The molecule has 0 amide bonds. The average molecular weight is 167 g/mol. The molecule has 1 heterocycles. The fourth-order valence-corrected chi connectivity index (χ4v) is 2.79. The van der Waals surface area contributed by atoms with E-state index < -0.39 is 0 Å². The molecule has 0 aromatic carbocycles. The van der Waals surface area contributed by atoms with Crippen LogP contribution in [0.2, 0.25) is 0 Å². The Morgan fingerprint density at radius 3 is 2.17 bits per heavy atom. The monoisotopic (exact) mass is 167 g/mol. The first kappa shape index (κ1) is 8.55. The predicted octanol–water partition coefficient (Wildman–Crippen LogP) is 2.37. The zero-order valence-electron chi connectivity index (χ0n) is 8.42. The molecule has 0 unspecified atom stereocenters. The van der Waals surface area contributed by atoms with Gasteiger partial charge in [-0.25, -0.2) is 0 Å². The van der Waals surface area contributed by atoms with Crippen molar-refractivity contribution in [2.75, 3.05) is 20.1 Å². The summed E-state index contributed by atoms with van der Waals surface area (Å²) in [6, 6.07) is 0. The molecular weight excluding hydrogens is 146 g/mol. The normalized spacial score (nSPS) is 37.5. The van der Waals surface area contributed by atoms with Gasteiger partial charge >= 0.3 is 0 Å². The summed E-state index contributed by atoms with van der Waals surface area (Å²) < 4.78 is 0. The first-order valence-electron chi connectivity index (χ1n) is 5.42. The van der Waals surface area contributed by atoms with Gasteiger partial charge in [0.15, 0.2) is 0 Å². The Bertz CT molecular complexity index is 125. The molecule has 2 rings (SSSR count). The molecule has 1 aliphatic carbocycles. The summed E-state index contributed by atoms with van der Waals surface area (Å²) in [7, 11) is 2.22. The highest BCUT2D eigenvalue weighted by atomic mass is 15.2. The molecule has 0 atom stereocenters. The van der Waals surface area contributed by atoms with Crippen molar-refractivity contribution in [3.63, 3.8) is 0 Å². The summed E-state index contributed by atoms with van der Waals surface area (Å²) in [5.74, 6) is 3.19. The second kappa shape index (κ2) is 3.37. The van der Waals surface area contributed by atoms with E-state index in [0.29, 0.717) is 0 Å². The van der Waals surface area contributed by atoms with Crippen LogP contribution in [0.4, 0.5) is 0 Å². The second-order valence-corrected chi connectivity index (χ2v) is 5.11.